The zero-order chi connectivity index (χ0) is 11.5. The Morgan fingerprint density at radius 3 is 2.47 bits per heavy atom. The second-order valence-corrected chi connectivity index (χ2v) is 5.23. The average molecular weight is 225 g/mol. The molecule has 0 spiro atoms. The van der Waals surface area contributed by atoms with E-state index in [0.717, 1.165) is 23.2 Å². The van der Waals surface area contributed by atoms with Gasteiger partial charge in [-0.1, -0.05) is 20.8 Å². The van der Waals surface area contributed by atoms with Gasteiger partial charge in [-0.15, -0.1) is 11.8 Å². The SMILES string of the molecule is CCNc1cc(SC)nc(C(C)(C)C)n1. The second kappa shape index (κ2) is 4.84. The van der Waals surface area contributed by atoms with Crippen LogP contribution in [0.3, 0.4) is 0 Å². The van der Waals surface area contributed by atoms with Crippen molar-refractivity contribution in [3.63, 3.8) is 0 Å². The van der Waals surface area contributed by atoms with Crippen LogP contribution in [0.4, 0.5) is 5.82 Å². The maximum Gasteiger partial charge on any atom is 0.137 e. The second-order valence-electron chi connectivity index (χ2n) is 4.40. The summed E-state index contributed by atoms with van der Waals surface area (Å²) in [7, 11) is 0. The van der Waals surface area contributed by atoms with Crippen molar-refractivity contribution < 1.29 is 0 Å². The largest absolute Gasteiger partial charge is 0.370 e. The minimum Gasteiger partial charge on any atom is -0.370 e. The van der Waals surface area contributed by atoms with Crippen molar-refractivity contribution in [2.45, 2.75) is 38.1 Å². The van der Waals surface area contributed by atoms with E-state index in [1.54, 1.807) is 11.8 Å². The summed E-state index contributed by atoms with van der Waals surface area (Å²) >= 11 is 1.65. The Kier molecular flexibility index (Phi) is 3.97. The summed E-state index contributed by atoms with van der Waals surface area (Å²) in [5.74, 6) is 1.81. The fourth-order valence-electron chi connectivity index (χ4n) is 1.14. The molecular weight excluding hydrogens is 206 g/mol. The predicted octanol–water partition coefficient (Wildman–Crippen LogP) is 2.93. The van der Waals surface area contributed by atoms with Crippen LogP contribution >= 0.6 is 11.8 Å². The lowest BCUT2D eigenvalue weighted by atomic mass is 9.96. The molecule has 0 amide bonds. The van der Waals surface area contributed by atoms with Crippen molar-refractivity contribution >= 4 is 17.6 Å². The molecule has 0 fully saturated rings. The maximum atomic E-state index is 4.52. The molecule has 1 aromatic heterocycles. The standard InChI is InChI=1S/C11H19N3S/c1-6-12-8-7-9(15-5)14-10(13-8)11(2,3)4/h7H,6H2,1-5H3,(H,12,13,14). The van der Waals surface area contributed by atoms with E-state index in [9.17, 15) is 0 Å². The van der Waals surface area contributed by atoms with Crippen LogP contribution in [0.5, 0.6) is 0 Å². The molecule has 1 N–H and O–H groups in total. The first kappa shape index (κ1) is 12.3. The van der Waals surface area contributed by atoms with Crippen molar-refractivity contribution in [3.05, 3.63) is 11.9 Å². The van der Waals surface area contributed by atoms with Gasteiger partial charge < -0.3 is 5.32 Å². The molecule has 0 unspecified atom stereocenters. The summed E-state index contributed by atoms with van der Waals surface area (Å²) in [4.78, 5) is 9.02. The zero-order valence-corrected chi connectivity index (χ0v) is 10.9. The molecule has 1 heterocycles. The summed E-state index contributed by atoms with van der Waals surface area (Å²) in [6, 6.07) is 1.99. The van der Waals surface area contributed by atoms with E-state index >= 15 is 0 Å². The number of thioether (sulfide) groups is 1. The summed E-state index contributed by atoms with van der Waals surface area (Å²) in [5.41, 5.74) is -0.00406. The molecule has 0 bridgehead atoms. The molecule has 0 aliphatic rings. The normalized spacial score (nSPS) is 11.5. The van der Waals surface area contributed by atoms with Gasteiger partial charge in [0.15, 0.2) is 0 Å². The lowest BCUT2D eigenvalue weighted by Crippen LogP contribution is -2.17. The van der Waals surface area contributed by atoms with E-state index in [-0.39, 0.29) is 5.41 Å². The highest BCUT2D eigenvalue weighted by Crippen LogP contribution is 2.23. The lowest BCUT2D eigenvalue weighted by molar-refractivity contribution is 0.539. The Hall–Kier alpha value is -0.770. The Morgan fingerprint density at radius 2 is 2.00 bits per heavy atom. The van der Waals surface area contributed by atoms with Gasteiger partial charge in [0.2, 0.25) is 0 Å². The third-order valence-corrected chi connectivity index (χ3v) is 2.57. The number of hydrogen-bond acceptors (Lipinski definition) is 4. The Bertz CT molecular complexity index is 331. The van der Waals surface area contributed by atoms with Crippen LogP contribution in [0.25, 0.3) is 0 Å². The molecule has 0 aliphatic carbocycles. The monoisotopic (exact) mass is 225 g/mol. The molecule has 0 atom stereocenters. The number of rotatable bonds is 3. The number of anilines is 1. The van der Waals surface area contributed by atoms with Crippen molar-refractivity contribution in [1.82, 2.24) is 9.97 Å². The molecule has 0 aliphatic heterocycles. The first-order valence-electron chi connectivity index (χ1n) is 5.14. The average Bonchev–Trinajstić information content (AvgIpc) is 2.16. The molecule has 4 heteroatoms. The maximum absolute atomic E-state index is 4.52. The van der Waals surface area contributed by atoms with Gasteiger partial charge in [-0.25, -0.2) is 9.97 Å². The van der Waals surface area contributed by atoms with Gasteiger partial charge in [-0.2, -0.15) is 0 Å². The van der Waals surface area contributed by atoms with Gasteiger partial charge in [-0.3, -0.25) is 0 Å². The van der Waals surface area contributed by atoms with Crippen LogP contribution < -0.4 is 5.32 Å². The summed E-state index contributed by atoms with van der Waals surface area (Å²) in [6.45, 7) is 9.33. The van der Waals surface area contributed by atoms with Gasteiger partial charge in [0.25, 0.3) is 0 Å². The van der Waals surface area contributed by atoms with Crippen molar-refractivity contribution in [2.24, 2.45) is 0 Å². The highest BCUT2D eigenvalue weighted by molar-refractivity contribution is 7.98. The number of aromatic nitrogens is 2. The van der Waals surface area contributed by atoms with Gasteiger partial charge in [0, 0.05) is 18.0 Å². The zero-order valence-electron chi connectivity index (χ0n) is 10.1. The minimum atomic E-state index is -0.00406. The Balaban J connectivity index is 3.11. The van der Waals surface area contributed by atoms with E-state index in [4.69, 9.17) is 0 Å². The van der Waals surface area contributed by atoms with Crippen LogP contribution in [0.2, 0.25) is 0 Å². The Morgan fingerprint density at radius 1 is 1.33 bits per heavy atom. The molecule has 0 saturated carbocycles. The third-order valence-electron chi connectivity index (χ3n) is 1.94. The first-order valence-corrected chi connectivity index (χ1v) is 6.37. The summed E-state index contributed by atoms with van der Waals surface area (Å²) in [5, 5.41) is 4.25. The number of hydrogen-bond donors (Lipinski definition) is 1. The highest BCUT2D eigenvalue weighted by atomic mass is 32.2. The van der Waals surface area contributed by atoms with Crippen LogP contribution in [0.1, 0.15) is 33.5 Å². The smallest absolute Gasteiger partial charge is 0.137 e. The fraction of sp³-hybridized carbons (Fsp3) is 0.636. The Labute approximate surface area is 96.1 Å². The summed E-state index contributed by atoms with van der Waals surface area (Å²) in [6.07, 6.45) is 2.03. The molecular formula is C11H19N3S. The molecule has 3 nitrogen and oxygen atoms in total. The van der Waals surface area contributed by atoms with Crippen molar-refractivity contribution in [1.29, 1.82) is 0 Å². The molecule has 0 saturated heterocycles. The number of nitrogens with zero attached hydrogens (tertiary/aromatic N) is 2. The molecule has 15 heavy (non-hydrogen) atoms. The van der Waals surface area contributed by atoms with Crippen molar-refractivity contribution in [2.75, 3.05) is 18.1 Å². The topological polar surface area (TPSA) is 37.8 Å². The van der Waals surface area contributed by atoms with Crippen molar-refractivity contribution in [3.8, 4) is 0 Å². The fourth-order valence-corrected chi connectivity index (χ4v) is 1.54. The van der Waals surface area contributed by atoms with E-state index in [1.165, 1.54) is 0 Å². The van der Waals surface area contributed by atoms with Crippen LogP contribution in [-0.4, -0.2) is 22.8 Å². The van der Waals surface area contributed by atoms with Crippen LogP contribution in [0, 0.1) is 0 Å². The molecule has 1 rings (SSSR count). The minimum absolute atomic E-state index is 0.00406. The summed E-state index contributed by atoms with van der Waals surface area (Å²) < 4.78 is 0. The molecule has 1 aromatic rings. The predicted molar refractivity (Wildman–Crippen MR) is 66.7 cm³/mol. The van der Waals surface area contributed by atoms with Crippen LogP contribution in [0.15, 0.2) is 11.1 Å². The third kappa shape index (κ3) is 3.38. The molecule has 0 aromatic carbocycles. The lowest BCUT2D eigenvalue weighted by Gasteiger charge is -2.18. The van der Waals surface area contributed by atoms with E-state index in [1.807, 2.05) is 12.3 Å². The van der Waals surface area contributed by atoms with Crippen LogP contribution in [-0.2, 0) is 5.41 Å². The quantitative estimate of drug-likeness (QED) is 0.634. The highest BCUT2D eigenvalue weighted by Gasteiger charge is 2.18. The first-order chi connectivity index (χ1) is 6.97. The van der Waals surface area contributed by atoms with E-state index < -0.39 is 0 Å². The van der Waals surface area contributed by atoms with E-state index in [0.29, 0.717) is 0 Å². The van der Waals surface area contributed by atoms with Gasteiger partial charge >= 0.3 is 0 Å². The molecule has 0 radical (unpaired) electrons. The van der Waals surface area contributed by atoms with Gasteiger partial charge in [-0.05, 0) is 13.2 Å². The van der Waals surface area contributed by atoms with Gasteiger partial charge in [0.1, 0.15) is 16.7 Å². The number of nitrogens with one attached hydrogen (secondary N) is 1. The van der Waals surface area contributed by atoms with E-state index in [2.05, 4.69) is 43.0 Å². The molecule has 84 valence electrons. The van der Waals surface area contributed by atoms with Gasteiger partial charge in [0.05, 0.1) is 0 Å².